The summed E-state index contributed by atoms with van der Waals surface area (Å²) in [6.07, 6.45) is 6.01. The van der Waals surface area contributed by atoms with E-state index < -0.39 is 0 Å². The predicted molar refractivity (Wildman–Crippen MR) is 65.9 cm³/mol. The number of aromatic nitrogens is 2. The average molecular weight is 235 g/mol. The first-order valence-electron chi connectivity index (χ1n) is 6.47. The van der Waals surface area contributed by atoms with E-state index in [1.807, 2.05) is 25.0 Å². The van der Waals surface area contributed by atoms with E-state index in [0.29, 0.717) is 6.04 Å². The summed E-state index contributed by atoms with van der Waals surface area (Å²) in [7, 11) is 5.76. The third kappa shape index (κ3) is 1.75. The van der Waals surface area contributed by atoms with E-state index >= 15 is 0 Å². The van der Waals surface area contributed by atoms with Crippen LogP contribution in [0.3, 0.4) is 0 Å². The van der Waals surface area contributed by atoms with Gasteiger partial charge in [0.25, 0.3) is 0 Å². The number of nitrogens with zero attached hydrogens (tertiary/aromatic N) is 2. The highest BCUT2D eigenvalue weighted by Crippen LogP contribution is 2.57. The maximum absolute atomic E-state index is 5.42. The van der Waals surface area contributed by atoms with Gasteiger partial charge in [-0.15, -0.1) is 0 Å². The summed E-state index contributed by atoms with van der Waals surface area (Å²) in [4.78, 5) is 0. The first kappa shape index (κ1) is 11.1. The molecule has 0 aromatic carbocycles. The van der Waals surface area contributed by atoms with Crippen molar-refractivity contribution < 1.29 is 4.74 Å². The fraction of sp³-hybridized carbons (Fsp3) is 0.769. The van der Waals surface area contributed by atoms with Gasteiger partial charge >= 0.3 is 0 Å². The number of fused-ring (bicyclic) bond motifs is 1. The van der Waals surface area contributed by atoms with Gasteiger partial charge in [-0.25, -0.2) is 0 Å². The van der Waals surface area contributed by atoms with E-state index in [0.717, 1.165) is 23.5 Å². The Morgan fingerprint density at radius 3 is 2.71 bits per heavy atom. The molecule has 0 bridgehead atoms. The molecular formula is C13H21N3O. The van der Waals surface area contributed by atoms with Gasteiger partial charge < -0.3 is 10.1 Å². The summed E-state index contributed by atoms with van der Waals surface area (Å²) in [5, 5.41) is 7.77. The van der Waals surface area contributed by atoms with Crippen LogP contribution in [0.5, 0.6) is 5.75 Å². The Morgan fingerprint density at radius 1 is 1.41 bits per heavy atom. The van der Waals surface area contributed by atoms with Gasteiger partial charge in [-0.05, 0) is 44.1 Å². The van der Waals surface area contributed by atoms with Crippen LogP contribution in [0.25, 0.3) is 0 Å². The van der Waals surface area contributed by atoms with Gasteiger partial charge in [-0.3, -0.25) is 4.68 Å². The highest BCUT2D eigenvalue weighted by Gasteiger charge is 2.48. The number of nitrogens with one attached hydrogen (secondary N) is 1. The molecule has 2 aliphatic rings. The van der Waals surface area contributed by atoms with Crippen molar-refractivity contribution in [3.05, 3.63) is 11.9 Å². The predicted octanol–water partition coefficient (Wildman–Crippen LogP) is 1.74. The van der Waals surface area contributed by atoms with E-state index in [-0.39, 0.29) is 0 Å². The van der Waals surface area contributed by atoms with Crippen LogP contribution in [0.4, 0.5) is 0 Å². The second-order valence-electron chi connectivity index (χ2n) is 5.48. The van der Waals surface area contributed by atoms with E-state index in [9.17, 15) is 0 Å². The Hall–Kier alpha value is -1.03. The van der Waals surface area contributed by atoms with Crippen LogP contribution in [0, 0.1) is 17.8 Å². The Morgan fingerprint density at radius 2 is 2.12 bits per heavy atom. The minimum absolute atomic E-state index is 0.380. The molecule has 0 aliphatic heterocycles. The maximum Gasteiger partial charge on any atom is 0.161 e. The SMILES string of the molecule is CNC(c1c(OC)cnn1C)C1CC2CC2C1. The number of ether oxygens (including phenoxy) is 1. The Balaban J connectivity index is 1.86. The third-order valence-corrected chi connectivity index (χ3v) is 4.53. The molecule has 2 saturated carbocycles. The van der Waals surface area contributed by atoms with Gasteiger partial charge in [-0.1, -0.05) is 0 Å². The van der Waals surface area contributed by atoms with E-state index in [1.54, 1.807) is 7.11 Å². The lowest BCUT2D eigenvalue weighted by molar-refractivity contribution is 0.327. The molecule has 2 aliphatic carbocycles. The molecule has 1 aromatic heterocycles. The summed E-state index contributed by atoms with van der Waals surface area (Å²) in [5.41, 5.74) is 1.20. The second kappa shape index (κ2) is 4.02. The van der Waals surface area contributed by atoms with E-state index in [1.165, 1.54) is 25.0 Å². The van der Waals surface area contributed by atoms with Crippen LogP contribution in [0.2, 0.25) is 0 Å². The fourth-order valence-corrected chi connectivity index (χ4v) is 3.57. The Labute approximate surface area is 102 Å². The molecule has 1 N–H and O–H groups in total. The van der Waals surface area contributed by atoms with Crippen LogP contribution in [-0.4, -0.2) is 23.9 Å². The molecule has 3 atom stereocenters. The first-order chi connectivity index (χ1) is 8.24. The second-order valence-corrected chi connectivity index (χ2v) is 5.48. The van der Waals surface area contributed by atoms with Gasteiger partial charge in [0.2, 0.25) is 0 Å². The number of hydrogen-bond donors (Lipinski definition) is 1. The molecule has 94 valence electrons. The molecule has 4 heteroatoms. The molecule has 3 unspecified atom stereocenters. The molecule has 1 heterocycles. The minimum Gasteiger partial charge on any atom is -0.493 e. The molecule has 0 amide bonds. The van der Waals surface area contributed by atoms with Crippen LogP contribution < -0.4 is 10.1 Å². The zero-order valence-electron chi connectivity index (χ0n) is 10.8. The van der Waals surface area contributed by atoms with Gasteiger partial charge in [0, 0.05) is 7.05 Å². The molecule has 17 heavy (non-hydrogen) atoms. The summed E-state index contributed by atoms with van der Waals surface area (Å²) < 4.78 is 7.37. The third-order valence-electron chi connectivity index (χ3n) is 4.53. The molecular weight excluding hydrogens is 214 g/mol. The summed E-state index contributed by atoms with van der Waals surface area (Å²) >= 11 is 0. The smallest absolute Gasteiger partial charge is 0.161 e. The molecule has 4 nitrogen and oxygen atoms in total. The van der Waals surface area contributed by atoms with Crippen LogP contribution in [-0.2, 0) is 7.05 Å². The van der Waals surface area contributed by atoms with Crippen molar-refractivity contribution in [3.8, 4) is 5.75 Å². The lowest BCUT2D eigenvalue weighted by Gasteiger charge is -2.25. The minimum atomic E-state index is 0.380. The van der Waals surface area contributed by atoms with Crippen molar-refractivity contribution in [3.63, 3.8) is 0 Å². The number of rotatable bonds is 4. The number of aryl methyl sites for hydroxylation is 1. The Kier molecular flexibility index (Phi) is 2.62. The topological polar surface area (TPSA) is 39.1 Å². The fourth-order valence-electron chi connectivity index (χ4n) is 3.57. The highest BCUT2D eigenvalue weighted by atomic mass is 16.5. The van der Waals surface area contributed by atoms with Crippen molar-refractivity contribution >= 4 is 0 Å². The lowest BCUT2D eigenvalue weighted by Crippen LogP contribution is -2.27. The van der Waals surface area contributed by atoms with Crippen molar-refractivity contribution in [2.75, 3.05) is 14.2 Å². The maximum atomic E-state index is 5.42. The van der Waals surface area contributed by atoms with Crippen molar-refractivity contribution in [1.82, 2.24) is 15.1 Å². The van der Waals surface area contributed by atoms with Gasteiger partial charge in [0.1, 0.15) is 0 Å². The van der Waals surface area contributed by atoms with Crippen molar-refractivity contribution in [2.24, 2.45) is 24.8 Å². The lowest BCUT2D eigenvalue weighted by atomic mass is 9.92. The molecule has 0 radical (unpaired) electrons. The van der Waals surface area contributed by atoms with Gasteiger partial charge in [0.05, 0.1) is 25.0 Å². The Bertz CT molecular complexity index is 405. The van der Waals surface area contributed by atoms with E-state index in [2.05, 4.69) is 10.4 Å². The standard InChI is InChI=1S/C13H21N3O/c1-14-12(10-5-8-4-9(8)6-10)13-11(17-3)7-15-16(13)2/h7-10,12,14H,4-6H2,1-3H3. The van der Waals surface area contributed by atoms with Gasteiger partial charge in [-0.2, -0.15) is 5.10 Å². The first-order valence-corrected chi connectivity index (χ1v) is 6.47. The quantitative estimate of drug-likeness (QED) is 0.864. The van der Waals surface area contributed by atoms with Crippen molar-refractivity contribution in [1.29, 1.82) is 0 Å². The largest absolute Gasteiger partial charge is 0.493 e. The zero-order chi connectivity index (χ0) is 12.0. The van der Waals surface area contributed by atoms with Crippen LogP contribution in [0.1, 0.15) is 31.0 Å². The molecule has 1 aromatic rings. The summed E-state index contributed by atoms with van der Waals surface area (Å²) in [6.45, 7) is 0. The van der Waals surface area contributed by atoms with Crippen molar-refractivity contribution in [2.45, 2.75) is 25.3 Å². The average Bonchev–Trinajstić information content (AvgIpc) is 2.78. The number of methoxy groups -OCH3 is 1. The monoisotopic (exact) mass is 235 g/mol. The number of hydrogen-bond acceptors (Lipinski definition) is 3. The highest BCUT2D eigenvalue weighted by molar-refractivity contribution is 5.29. The molecule has 0 spiro atoms. The zero-order valence-corrected chi connectivity index (χ0v) is 10.8. The van der Waals surface area contributed by atoms with E-state index in [4.69, 9.17) is 4.74 Å². The summed E-state index contributed by atoms with van der Waals surface area (Å²) in [6, 6.07) is 0.380. The van der Waals surface area contributed by atoms with Crippen LogP contribution in [0.15, 0.2) is 6.20 Å². The normalized spacial score (nSPS) is 32.3. The van der Waals surface area contributed by atoms with Crippen LogP contribution >= 0.6 is 0 Å². The molecule has 3 rings (SSSR count). The molecule has 0 saturated heterocycles. The van der Waals surface area contributed by atoms with Gasteiger partial charge in [0.15, 0.2) is 5.75 Å². The summed E-state index contributed by atoms with van der Waals surface area (Å²) in [5.74, 6) is 3.67. The molecule has 2 fully saturated rings.